The molecule has 0 aromatic heterocycles. The summed E-state index contributed by atoms with van der Waals surface area (Å²) in [6, 6.07) is 2.82. The molecule has 1 nitrogen and oxygen atoms in total. The molecule has 0 amide bonds. The summed E-state index contributed by atoms with van der Waals surface area (Å²) in [4.78, 5) is 3.66. The van der Waals surface area contributed by atoms with Crippen LogP contribution in [-0.4, -0.2) is 15.3 Å². The Hall–Kier alpha value is 0.177. The van der Waals surface area contributed by atoms with Crippen molar-refractivity contribution >= 4 is 8.24 Å². The molecule has 0 rings (SSSR count). The molecule has 0 aliphatic carbocycles. The van der Waals surface area contributed by atoms with E-state index < -0.39 is 8.24 Å². The topological polar surface area (TPSA) is 12.0 Å². The molecule has 0 saturated carbocycles. The van der Waals surface area contributed by atoms with Crippen LogP contribution < -0.4 is 4.98 Å². The number of rotatable bonds is 6. The SMILES string of the molecule is CCC[Si](CC)(NC)C(C)CC. The summed E-state index contributed by atoms with van der Waals surface area (Å²) in [7, 11) is 1.07. The predicted molar refractivity (Wildman–Crippen MR) is 60.1 cm³/mol. The zero-order valence-corrected chi connectivity index (χ0v) is 10.4. The Labute approximate surface area is 79.0 Å². The van der Waals surface area contributed by atoms with Gasteiger partial charge in [0.25, 0.3) is 0 Å². The summed E-state index contributed by atoms with van der Waals surface area (Å²) >= 11 is 0. The molecule has 0 bridgehead atoms. The van der Waals surface area contributed by atoms with Crippen LogP contribution in [-0.2, 0) is 0 Å². The van der Waals surface area contributed by atoms with Crippen molar-refractivity contribution in [3.05, 3.63) is 0 Å². The molecule has 12 heavy (non-hydrogen) atoms. The van der Waals surface area contributed by atoms with E-state index in [1.165, 1.54) is 24.9 Å². The lowest BCUT2D eigenvalue weighted by molar-refractivity contribution is 0.778. The first kappa shape index (κ1) is 12.2. The van der Waals surface area contributed by atoms with E-state index in [1.807, 2.05) is 0 Å². The molecule has 0 spiro atoms. The Morgan fingerprint density at radius 3 is 2.08 bits per heavy atom. The molecule has 0 aliphatic rings. The van der Waals surface area contributed by atoms with Gasteiger partial charge in [0.1, 0.15) is 8.24 Å². The Bertz CT molecular complexity index is 110. The molecule has 0 aliphatic heterocycles. The summed E-state index contributed by atoms with van der Waals surface area (Å²) in [6.07, 6.45) is 2.67. The molecule has 0 aromatic carbocycles. The predicted octanol–water partition coefficient (Wildman–Crippen LogP) is 3.38. The van der Waals surface area contributed by atoms with E-state index in [1.54, 1.807) is 0 Å². The van der Waals surface area contributed by atoms with Crippen LogP contribution in [0.4, 0.5) is 0 Å². The fourth-order valence-electron chi connectivity index (χ4n) is 2.16. The zero-order valence-electron chi connectivity index (χ0n) is 9.41. The molecule has 74 valence electrons. The van der Waals surface area contributed by atoms with Crippen molar-refractivity contribution in [2.24, 2.45) is 0 Å². The standard InChI is InChI=1S/C10H25NSi/c1-6-9-12(8-3,11-5)10(4)7-2/h10-11H,6-9H2,1-5H3. The molecule has 2 unspecified atom stereocenters. The molecule has 0 aromatic rings. The van der Waals surface area contributed by atoms with Crippen LogP contribution in [0.1, 0.15) is 40.5 Å². The third-order valence-corrected chi connectivity index (χ3v) is 9.33. The Kier molecular flexibility index (Phi) is 5.84. The second-order valence-corrected chi connectivity index (χ2v) is 8.82. The Morgan fingerprint density at radius 2 is 1.83 bits per heavy atom. The molecule has 2 heteroatoms. The highest BCUT2D eigenvalue weighted by molar-refractivity contribution is 6.78. The molecule has 0 heterocycles. The summed E-state index contributed by atoms with van der Waals surface area (Å²) in [5, 5.41) is 0. The average molecular weight is 187 g/mol. The molecule has 0 radical (unpaired) electrons. The summed E-state index contributed by atoms with van der Waals surface area (Å²) in [6.45, 7) is 9.39. The minimum Gasteiger partial charge on any atom is -0.340 e. The first-order chi connectivity index (χ1) is 5.66. The van der Waals surface area contributed by atoms with Crippen LogP contribution in [0.3, 0.4) is 0 Å². The van der Waals surface area contributed by atoms with Gasteiger partial charge in [-0.15, -0.1) is 0 Å². The largest absolute Gasteiger partial charge is 0.340 e. The van der Waals surface area contributed by atoms with Crippen molar-refractivity contribution in [2.45, 2.75) is 58.2 Å². The average Bonchev–Trinajstić information content (AvgIpc) is 2.13. The molecule has 2 atom stereocenters. The maximum atomic E-state index is 3.66. The smallest absolute Gasteiger partial charge is 0.128 e. The van der Waals surface area contributed by atoms with Gasteiger partial charge in [0.2, 0.25) is 0 Å². The van der Waals surface area contributed by atoms with Gasteiger partial charge in [-0.05, 0) is 24.7 Å². The first-order valence-electron chi connectivity index (χ1n) is 5.35. The minimum absolute atomic E-state index is 0.924. The first-order valence-corrected chi connectivity index (χ1v) is 7.84. The van der Waals surface area contributed by atoms with Gasteiger partial charge in [0, 0.05) is 0 Å². The zero-order chi connectivity index (χ0) is 9.61. The van der Waals surface area contributed by atoms with Crippen LogP contribution in [0.5, 0.6) is 0 Å². The van der Waals surface area contributed by atoms with Crippen molar-refractivity contribution < 1.29 is 0 Å². The number of nitrogens with one attached hydrogen (secondary N) is 1. The minimum atomic E-state index is -1.10. The number of hydrogen-bond acceptors (Lipinski definition) is 1. The van der Waals surface area contributed by atoms with Gasteiger partial charge in [0.15, 0.2) is 0 Å². The molecule has 1 N–H and O–H groups in total. The highest BCUT2D eigenvalue weighted by Crippen LogP contribution is 2.30. The lowest BCUT2D eigenvalue weighted by Crippen LogP contribution is -2.50. The fourth-order valence-corrected chi connectivity index (χ4v) is 6.47. The van der Waals surface area contributed by atoms with Crippen LogP contribution in [0.25, 0.3) is 0 Å². The van der Waals surface area contributed by atoms with E-state index in [4.69, 9.17) is 0 Å². The van der Waals surface area contributed by atoms with Crippen LogP contribution in [0, 0.1) is 0 Å². The van der Waals surface area contributed by atoms with Gasteiger partial charge in [0.05, 0.1) is 0 Å². The summed E-state index contributed by atoms with van der Waals surface area (Å²) < 4.78 is 0. The quantitative estimate of drug-likeness (QED) is 0.629. The molecular formula is C10H25NSi. The summed E-state index contributed by atoms with van der Waals surface area (Å²) in [5.74, 6) is 0. The molecular weight excluding hydrogens is 162 g/mol. The highest BCUT2D eigenvalue weighted by Gasteiger charge is 2.33. The van der Waals surface area contributed by atoms with Crippen LogP contribution in [0.2, 0.25) is 17.6 Å². The van der Waals surface area contributed by atoms with Gasteiger partial charge < -0.3 is 4.98 Å². The van der Waals surface area contributed by atoms with Crippen molar-refractivity contribution in [1.29, 1.82) is 0 Å². The van der Waals surface area contributed by atoms with E-state index >= 15 is 0 Å². The number of hydrogen-bond donors (Lipinski definition) is 1. The maximum Gasteiger partial charge on any atom is 0.128 e. The fraction of sp³-hybridized carbons (Fsp3) is 1.00. The lowest BCUT2D eigenvalue weighted by Gasteiger charge is -2.35. The van der Waals surface area contributed by atoms with Gasteiger partial charge >= 0.3 is 0 Å². The third-order valence-electron chi connectivity index (χ3n) is 3.38. The normalized spacial score (nSPS) is 18.8. The van der Waals surface area contributed by atoms with Crippen LogP contribution >= 0.6 is 0 Å². The van der Waals surface area contributed by atoms with E-state index in [2.05, 4.69) is 39.7 Å². The highest BCUT2D eigenvalue weighted by atomic mass is 28.3. The van der Waals surface area contributed by atoms with E-state index in [9.17, 15) is 0 Å². The van der Waals surface area contributed by atoms with Gasteiger partial charge in [-0.3, -0.25) is 0 Å². The van der Waals surface area contributed by atoms with Crippen molar-refractivity contribution in [3.63, 3.8) is 0 Å². The second-order valence-electron chi connectivity index (χ2n) is 3.82. The lowest BCUT2D eigenvalue weighted by atomic mass is 10.4. The van der Waals surface area contributed by atoms with Gasteiger partial charge in [-0.25, -0.2) is 0 Å². The van der Waals surface area contributed by atoms with Crippen molar-refractivity contribution in [2.75, 3.05) is 7.05 Å². The Balaban J connectivity index is 4.33. The van der Waals surface area contributed by atoms with E-state index in [0.29, 0.717) is 0 Å². The van der Waals surface area contributed by atoms with E-state index in [0.717, 1.165) is 5.54 Å². The van der Waals surface area contributed by atoms with E-state index in [-0.39, 0.29) is 0 Å². The third kappa shape index (κ3) is 2.59. The second kappa shape index (κ2) is 5.76. The van der Waals surface area contributed by atoms with Crippen molar-refractivity contribution in [1.82, 2.24) is 4.98 Å². The van der Waals surface area contributed by atoms with Crippen molar-refractivity contribution in [3.8, 4) is 0 Å². The molecule has 0 saturated heterocycles. The Morgan fingerprint density at radius 1 is 1.25 bits per heavy atom. The maximum absolute atomic E-state index is 3.66. The summed E-state index contributed by atoms with van der Waals surface area (Å²) in [5.41, 5.74) is 0.924. The monoisotopic (exact) mass is 187 g/mol. The molecule has 0 fully saturated rings. The van der Waals surface area contributed by atoms with Crippen LogP contribution in [0.15, 0.2) is 0 Å². The van der Waals surface area contributed by atoms with Gasteiger partial charge in [-0.1, -0.05) is 40.5 Å². The van der Waals surface area contributed by atoms with Gasteiger partial charge in [-0.2, -0.15) is 0 Å².